The van der Waals surface area contributed by atoms with Crippen LogP contribution in [0.3, 0.4) is 0 Å². The zero-order valence-corrected chi connectivity index (χ0v) is 12.6. The predicted molar refractivity (Wildman–Crippen MR) is 79.8 cm³/mol. The first-order valence-corrected chi connectivity index (χ1v) is 7.15. The lowest BCUT2D eigenvalue weighted by atomic mass is 9.98. The first kappa shape index (κ1) is 14.4. The molecule has 1 atom stereocenters. The van der Waals surface area contributed by atoms with Gasteiger partial charge in [-0.1, -0.05) is 12.1 Å². The van der Waals surface area contributed by atoms with Crippen molar-refractivity contribution in [3.8, 4) is 5.75 Å². The zero-order chi connectivity index (χ0) is 13.9. The standard InChI is InChI=1S/C16H26N2O/c1-13-6-5-7-15(10-13)19-9-8-18-11-14(2)17-12-16(18,3)4/h5-7,10,14,17H,8-9,11-12H2,1-4H3. The Kier molecular flexibility index (Phi) is 4.48. The second-order valence-electron chi connectivity index (χ2n) is 6.21. The Balaban J connectivity index is 1.84. The largest absolute Gasteiger partial charge is 0.492 e. The first-order valence-electron chi connectivity index (χ1n) is 7.15. The maximum atomic E-state index is 5.86. The Morgan fingerprint density at radius 1 is 1.42 bits per heavy atom. The van der Waals surface area contributed by atoms with E-state index in [0.29, 0.717) is 6.04 Å². The van der Waals surface area contributed by atoms with E-state index in [9.17, 15) is 0 Å². The zero-order valence-electron chi connectivity index (χ0n) is 12.6. The highest BCUT2D eigenvalue weighted by Crippen LogP contribution is 2.18. The van der Waals surface area contributed by atoms with Crippen LogP contribution in [0.25, 0.3) is 0 Å². The molecule has 1 aromatic rings. The second kappa shape index (κ2) is 5.93. The third-order valence-corrected chi connectivity index (χ3v) is 3.85. The van der Waals surface area contributed by atoms with E-state index in [1.807, 2.05) is 12.1 Å². The van der Waals surface area contributed by atoms with Crippen molar-refractivity contribution in [2.45, 2.75) is 39.3 Å². The molecule has 2 rings (SSSR count). The molecule has 19 heavy (non-hydrogen) atoms. The molecule has 3 heteroatoms. The van der Waals surface area contributed by atoms with Gasteiger partial charge in [-0.05, 0) is 45.4 Å². The summed E-state index contributed by atoms with van der Waals surface area (Å²) >= 11 is 0. The number of rotatable bonds is 4. The normalized spacial score (nSPS) is 23.3. The molecule has 1 fully saturated rings. The van der Waals surface area contributed by atoms with E-state index >= 15 is 0 Å². The van der Waals surface area contributed by atoms with Crippen LogP contribution in [0.1, 0.15) is 26.3 Å². The average molecular weight is 262 g/mol. The lowest BCUT2D eigenvalue weighted by Gasteiger charge is -2.45. The number of aryl methyl sites for hydroxylation is 1. The molecule has 0 amide bonds. The average Bonchev–Trinajstić information content (AvgIpc) is 2.34. The Labute approximate surface area is 116 Å². The number of ether oxygens (including phenoxy) is 1. The second-order valence-corrected chi connectivity index (χ2v) is 6.21. The summed E-state index contributed by atoms with van der Waals surface area (Å²) in [6, 6.07) is 8.81. The molecule has 1 saturated heterocycles. The van der Waals surface area contributed by atoms with Gasteiger partial charge in [0, 0.05) is 31.2 Å². The van der Waals surface area contributed by atoms with Crippen molar-refractivity contribution in [3.05, 3.63) is 29.8 Å². The summed E-state index contributed by atoms with van der Waals surface area (Å²) in [4.78, 5) is 2.52. The van der Waals surface area contributed by atoms with Crippen molar-refractivity contribution in [1.29, 1.82) is 0 Å². The van der Waals surface area contributed by atoms with Gasteiger partial charge in [0.25, 0.3) is 0 Å². The van der Waals surface area contributed by atoms with Gasteiger partial charge >= 0.3 is 0 Å². The van der Waals surface area contributed by atoms with Crippen molar-refractivity contribution in [2.24, 2.45) is 0 Å². The Morgan fingerprint density at radius 2 is 2.21 bits per heavy atom. The summed E-state index contributed by atoms with van der Waals surface area (Å²) in [7, 11) is 0. The van der Waals surface area contributed by atoms with E-state index in [1.54, 1.807) is 0 Å². The third-order valence-electron chi connectivity index (χ3n) is 3.85. The highest BCUT2D eigenvalue weighted by molar-refractivity contribution is 5.27. The van der Waals surface area contributed by atoms with E-state index < -0.39 is 0 Å². The van der Waals surface area contributed by atoms with Crippen molar-refractivity contribution in [2.75, 3.05) is 26.2 Å². The Morgan fingerprint density at radius 3 is 2.95 bits per heavy atom. The van der Waals surface area contributed by atoms with Crippen LogP contribution in [0.15, 0.2) is 24.3 Å². The molecule has 1 heterocycles. The lowest BCUT2D eigenvalue weighted by molar-refractivity contribution is 0.0565. The van der Waals surface area contributed by atoms with Gasteiger partial charge in [0.05, 0.1) is 0 Å². The monoisotopic (exact) mass is 262 g/mol. The van der Waals surface area contributed by atoms with E-state index in [2.05, 4.69) is 50.0 Å². The summed E-state index contributed by atoms with van der Waals surface area (Å²) in [6.45, 7) is 12.8. The van der Waals surface area contributed by atoms with Crippen LogP contribution in [-0.4, -0.2) is 42.7 Å². The van der Waals surface area contributed by atoms with Gasteiger partial charge in [-0.25, -0.2) is 0 Å². The van der Waals surface area contributed by atoms with E-state index in [0.717, 1.165) is 32.0 Å². The van der Waals surface area contributed by atoms with Gasteiger partial charge in [-0.2, -0.15) is 0 Å². The van der Waals surface area contributed by atoms with Crippen LogP contribution in [0, 0.1) is 6.92 Å². The molecular weight excluding hydrogens is 236 g/mol. The van der Waals surface area contributed by atoms with Gasteiger partial charge in [0.15, 0.2) is 0 Å². The van der Waals surface area contributed by atoms with Gasteiger partial charge in [-0.15, -0.1) is 0 Å². The third kappa shape index (κ3) is 3.95. The molecule has 0 bridgehead atoms. The fourth-order valence-electron chi connectivity index (χ4n) is 2.55. The van der Waals surface area contributed by atoms with E-state index in [-0.39, 0.29) is 5.54 Å². The molecule has 0 aliphatic carbocycles. The number of hydrogen-bond donors (Lipinski definition) is 1. The van der Waals surface area contributed by atoms with E-state index in [4.69, 9.17) is 4.74 Å². The van der Waals surface area contributed by atoms with Gasteiger partial charge < -0.3 is 10.1 Å². The Bertz CT molecular complexity index is 417. The Hall–Kier alpha value is -1.06. The quantitative estimate of drug-likeness (QED) is 0.902. The van der Waals surface area contributed by atoms with E-state index in [1.165, 1.54) is 5.56 Å². The first-order chi connectivity index (χ1) is 8.97. The fraction of sp³-hybridized carbons (Fsp3) is 0.625. The van der Waals surface area contributed by atoms with Crippen LogP contribution < -0.4 is 10.1 Å². The molecule has 1 aliphatic rings. The van der Waals surface area contributed by atoms with Crippen molar-refractivity contribution < 1.29 is 4.74 Å². The molecule has 1 aromatic carbocycles. The molecule has 0 radical (unpaired) electrons. The number of nitrogens with one attached hydrogen (secondary N) is 1. The minimum Gasteiger partial charge on any atom is -0.492 e. The number of piperazine rings is 1. The minimum absolute atomic E-state index is 0.211. The number of nitrogens with zero attached hydrogens (tertiary/aromatic N) is 1. The maximum Gasteiger partial charge on any atom is 0.119 e. The summed E-state index contributed by atoms with van der Waals surface area (Å²) < 4.78 is 5.86. The summed E-state index contributed by atoms with van der Waals surface area (Å²) in [5.74, 6) is 0.973. The number of benzene rings is 1. The molecule has 0 saturated carbocycles. The molecule has 3 nitrogen and oxygen atoms in total. The SMILES string of the molecule is Cc1cccc(OCCN2CC(C)NCC2(C)C)c1. The highest BCUT2D eigenvalue weighted by Gasteiger charge is 2.31. The van der Waals surface area contributed by atoms with Crippen molar-refractivity contribution in [1.82, 2.24) is 10.2 Å². The molecule has 1 aliphatic heterocycles. The van der Waals surface area contributed by atoms with Crippen LogP contribution in [0.2, 0.25) is 0 Å². The molecule has 0 aromatic heterocycles. The summed E-state index contributed by atoms with van der Waals surface area (Å²) in [6.07, 6.45) is 0. The van der Waals surface area contributed by atoms with Gasteiger partial charge in [0.2, 0.25) is 0 Å². The molecule has 0 spiro atoms. The van der Waals surface area contributed by atoms with Crippen molar-refractivity contribution in [3.63, 3.8) is 0 Å². The minimum atomic E-state index is 0.211. The predicted octanol–water partition coefficient (Wildman–Crippen LogP) is 2.45. The van der Waals surface area contributed by atoms with Crippen LogP contribution in [0.5, 0.6) is 5.75 Å². The van der Waals surface area contributed by atoms with Gasteiger partial charge in [-0.3, -0.25) is 4.90 Å². The fourth-order valence-corrected chi connectivity index (χ4v) is 2.55. The summed E-state index contributed by atoms with van der Waals surface area (Å²) in [5.41, 5.74) is 1.45. The smallest absolute Gasteiger partial charge is 0.119 e. The van der Waals surface area contributed by atoms with Crippen LogP contribution in [0.4, 0.5) is 0 Å². The molecule has 1 unspecified atom stereocenters. The molecule has 1 N–H and O–H groups in total. The number of hydrogen-bond acceptors (Lipinski definition) is 3. The molecule has 106 valence electrons. The summed E-state index contributed by atoms with van der Waals surface area (Å²) in [5, 5.41) is 3.54. The van der Waals surface area contributed by atoms with Crippen LogP contribution >= 0.6 is 0 Å². The maximum absolute atomic E-state index is 5.86. The lowest BCUT2D eigenvalue weighted by Crippen LogP contribution is -2.61. The van der Waals surface area contributed by atoms with Gasteiger partial charge in [0.1, 0.15) is 12.4 Å². The van der Waals surface area contributed by atoms with Crippen molar-refractivity contribution >= 4 is 0 Å². The highest BCUT2D eigenvalue weighted by atomic mass is 16.5. The topological polar surface area (TPSA) is 24.5 Å². The van der Waals surface area contributed by atoms with Crippen LogP contribution in [-0.2, 0) is 0 Å². The molecular formula is C16H26N2O.